The summed E-state index contributed by atoms with van der Waals surface area (Å²) in [5.41, 5.74) is 6.73. The van der Waals surface area contributed by atoms with Crippen LogP contribution in [0.2, 0.25) is 0 Å². The molecule has 1 aromatic heterocycles. The summed E-state index contributed by atoms with van der Waals surface area (Å²) in [6.45, 7) is 0.117. The van der Waals surface area contributed by atoms with Crippen molar-refractivity contribution in [3.63, 3.8) is 0 Å². The number of carboxylic acid groups (broad SMARTS) is 1. The van der Waals surface area contributed by atoms with E-state index in [1.807, 2.05) is 6.07 Å². The summed E-state index contributed by atoms with van der Waals surface area (Å²) in [7, 11) is 0. The van der Waals surface area contributed by atoms with Crippen LogP contribution in [0.4, 0.5) is 0 Å². The number of nitrogens with zero attached hydrogens (tertiary/aromatic N) is 2. The number of aliphatic carboxylic acids is 1. The predicted molar refractivity (Wildman–Crippen MR) is 72.3 cm³/mol. The van der Waals surface area contributed by atoms with Crippen LogP contribution in [0.15, 0.2) is 42.9 Å². The molecule has 104 valence electrons. The van der Waals surface area contributed by atoms with Gasteiger partial charge < -0.3 is 15.4 Å². The van der Waals surface area contributed by atoms with Crippen molar-refractivity contribution in [1.29, 1.82) is 0 Å². The molecular weight excluding hydrogens is 258 g/mol. The van der Waals surface area contributed by atoms with Gasteiger partial charge in [0.05, 0.1) is 12.9 Å². The third kappa shape index (κ3) is 3.30. The number of ketones is 1. The molecule has 0 amide bonds. The summed E-state index contributed by atoms with van der Waals surface area (Å²) < 4.78 is 1.62. The van der Waals surface area contributed by atoms with Gasteiger partial charge in [0.15, 0.2) is 5.78 Å². The van der Waals surface area contributed by atoms with E-state index in [0.717, 1.165) is 0 Å². The van der Waals surface area contributed by atoms with Crippen LogP contribution in [-0.4, -0.2) is 32.5 Å². The summed E-state index contributed by atoms with van der Waals surface area (Å²) in [6, 6.07) is 7.90. The lowest BCUT2D eigenvalue weighted by Gasteiger charge is -2.10. The quantitative estimate of drug-likeness (QED) is 0.756. The second-order valence-electron chi connectivity index (χ2n) is 4.45. The molecule has 2 aromatic rings. The van der Waals surface area contributed by atoms with Crippen molar-refractivity contribution in [1.82, 2.24) is 9.55 Å². The summed E-state index contributed by atoms with van der Waals surface area (Å²) in [5.74, 6) is -1.14. The average molecular weight is 273 g/mol. The summed E-state index contributed by atoms with van der Waals surface area (Å²) in [4.78, 5) is 26.8. The second-order valence-corrected chi connectivity index (χ2v) is 4.45. The maximum Gasteiger partial charge on any atom is 0.320 e. The molecule has 0 radical (unpaired) electrons. The number of aromatic nitrogens is 2. The number of carboxylic acids is 1. The van der Waals surface area contributed by atoms with E-state index in [0.29, 0.717) is 11.3 Å². The first-order valence-electron chi connectivity index (χ1n) is 6.13. The highest BCUT2D eigenvalue weighted by Gasteiger charge is 2.16. The van der Waals surface area contributed by atoms with Crippen molar-refractivity contribution in [2.75, 3.05) is 0 Å². The van der Waals surface area contributed by atoms with Crippen LogP contribution < -0.4 is 5.73 Å². The minimum Gasteiger partial charge on any atom is -0.480 e. The van der Waals surface area contributed by atoms with Crippen molar-refractivity contribution in [2.24, 2.45) is 5.73 Å². The van der Waals surface area contributed by atoms with E-state index >= 15 is 0 Å². The first-order valence-corrected chi connectivity index (χ1v) is 6.13. The number of carbonyl (C=O) groups is 2. The Morgan fingerprint density at radius 3 is 2.65 bits per heavy atom. The minimum absolute atomic E-state index is 0.0613. The highest BCUT2D eigenvalue weighted by molar-refractivity contribution is 5.95. The highest BCUT2D eigenvalue weighted by Crippen LogP contribution is 2.07. The molecule has 0 bridgehead atoms. The van der Waals surface area contributed by atoms with Gasteiger partial charge in [-0.1, -0.05) is 30.3 Å². The van der Waals surface area contributed by atoms with Gasteiger partial charge in [-0.3, -0.25) is 9.59 Å². The van der Waals surface area contributed by atoms with Crippen LogP contribution >= 0.6 is 0 Å². The summed E-state index contributed by atoms with van der Waals surface area (Å²) in [6.07, 6.45) is 3.17. The molecule has 6 nitrogen and oxygen atoms in total. The molecule has 0 aliphatic heterocycles. The smallest absolute Gasteiger partial charge is 0.320 e. The minimum atomic E-state index is -1.08. The zero-order valence-corrected chi connectivity index (χ0v) is 10.8. The fourth-order valence-corrected chi connectivity index (χ4v) is 1.84. The van der Waals surface area contributed by atoms with Crippen molar-refractivity contribution >= 4 is 11.8 Å². The van der Waals surface area contributed by atoms with Gasteiger partial charge in [0.25, 0.3) is 0 Å². The number of imidazole rings is 1. The number of rotatable bonds is 6. The van der Waals surface area contributed by atoms with Crippen LogP contribution in [0.1, 0.15) is 16.1 Å². The predicted octanol–water partition coefficient (Wildman–Crippen LogP) is 0.720. The number of hydrogen-bond donors (Lipinski definition) is 2. The van der Waals surface area contributed by atoms with Gasteiger partial charge in [0, 0.05) is 23.9 Å². The van der Waals surface area contributed by atoms with Gasteiger partial charge in [-0.05, 0) is 0 Å². The number of Topliss-reactive ketones (excluding diaryl/α,β-unsaturated/α-hetero) is 1. The van der Waals surface area contributed by atoms with Crippen LogP contribution in [0.5, 0.6) is 0 Å². The second kappa shape index (κ2) is 6.12. The Hall–Kier alpha value is -2.47. The van der Waals surface area contributed by atoms with Crippen LogP contribution in [0.3, 0.4) is 0 Å². The molecular formula is C14H15N3O3. The Bertz CT molecular complexity index is 607. The fraction of sp³-hybridized carbons (Fsp3) is 0.214. The zero-order valence-electron chi connectivity index (χ0n) is 10.8. The van der Waals surface area contributed by atoms with E-state index in [4.69, 9.17) is 10.8 Å². The highest BCUT2D eigenvalue weighted by atomic mass is 16.4. The van der Waals surface area contributed by atoms with E-state index < -0.39 is 12.0 Å². The molecule has 0 saturated carbocycles. The van der Waals surface area contributed by atoms with E-state index in [9.17, 15) is 9.59 Å². The molecule has 0 saturated heterocycles. The lowest BCUT2D eigenvalue weighted by molar-refractivity contribution is -0.138. The molecule has 1 atom stereocenters. The molecule has 0 unspecified atom stereocenters. The Labute approximate surface area is 115 Å². The van der Waals surface area contributed by atoms with Gasteiger partial charge in [-0.15, -0.1) is 0 Å². The van der Waals surface area contributed by atoms with Crippen molar-refractivity contribution < 1.29 is 14.7 Å². The van der Waals surface area contributed by atoms with E-state index in [1.54, 1.807) is 28.8 Å². The van der Waals surface area contributed by atoms with E-state index in [1.165, 1.54) is 12.5 Å². The molecule has 1 heterocycles. The third-order valence-electron chi connectivity index (χ3n) is 2.95. The Morgan fingerprint density at radius 1 is 1.30 bits per heavy atom. The van der Waals surface area contributed by atoms with Crippen LogP contribution in [0, 0.1) is 0 Å². The van der Waals surface area contributed by atoms with Gasteiger partial charge in [-0.25, -0.2) is 4.98 Å². The van der Waals surface area contributed by atoms with Crippen molar-refractivity contribution in [3.8, 4) is 0 Å². The topological polar surface area (TPSA) is 98.2 Å². The van der Waals surface area contributed by atoms with Crippen molar-refractivity contribution in [2.45, 2.75) is 19.0 Å². The van der Waals surface area contributed by atoms with Crippen molar-refractivity contribution in [3.05, 3.63) is 54.1 Å². The molecule has 3 N–H and O–H groups in total. The molecule has 0 aliphatic rings. The maximum absolute atomic E-state index is 12.1. The lowest BCUT2D eigenvalue weighted by Crippen LogP contribution is -2.33. The molecule has 0 aliphatic carbocycles. The van der Waals surface area contributed by atoms with Gasteiger partial charge in [0.1, 0.15) is 6.04 Å². The summed E-state index contributed by atoms with van der Waals surface area (Å²) >= 11 is 0. The molecule has 0 spiro atoms. The third-order valence-corrected chi connectivity index (χ3v) is 2.95. The molecule has 2 rings (SSSR count). The Balaban J connectivity index is 2.09. The normalized spacial score (nSPS) is 12.1. The first-order chi connectivity index (χ1) is 9.58. The standard InChI is InChI=1S/C14H15N3O3/c15-12(14(19)20)6-11-7-16-9-17(11)8-13(18)10-4-2-1-3-5-10/h1-5,7,9,12H,6,8,15H2,(H,19,20)/t12-/m0/s1. The fourth-order valence-electron chi connectivity index (χ4n) is 1.84. The number of nitrogens with two attached hydrogens (primary N) is 1. The number of carbonyl (C=O) groups excluding carboxylic acids is 1. The lowest BCUT2D eigenvalue weighted by atomic mass is 10.1. The number of hydrogen-bond acceptors (Lipinski definition) is 4. The summed E-state index contributed by atoms with van der Waals surface area (Å²) in [5, 5.41) is 8.81. The molecule has 0 fully saturated rings. The Kier molecular flexibility index (Phi) is 4.27. The van der Waals surface area contributed by atoms with E-state index in [2.05, 4.69) is 4.98 Å². The molecule has 20 heavy (non-hydrogen) atoms. The van der Waals surface area contributed by atoms with Gasteiger partial charge in [0.2, 0.25) is 0 Å². The molecule has 6 heteroatoms. The average Bonchev–Trinajstić information content (AvgIpc) is 2.86. The Morgan fingerprint density at radius 2 is 2.00 bits per heavy atom. The monoisotopic (exact) mass is 273 g/mol. The zero-order chi connectivity index (χ0) is 14.5. The largest absolute Gasteiger partial charge is 0.480 e. The van der Waals surface area contributed by atoms with Crippen LogP contribution in [0.25, 0.3) is 0 Å². The number of benzene rings is 1. The SMILES string of the molecule is N[C@@H](Cc1cncn1CC(=O)c1ccccc1)C(=O)O. The van der Waals surface area contributed by atoms with E-state index in [-0.39, 0.29) is 18.7 Å². The van der Waals surface area contributed by atoms with Gasteiger partial charge >= 0.3 is 5.97 Å². The first kappa shape index (κ1) is 14.0. The van der Waals surface area contributed by atoms with Gasteiger partial charge in [-0.2, -0.15) is 0 Å². The maximum atomic E-state index is 12.1. The molecule has 1 aromatic carbocycles. The van der Waals surface area contributed by atoms with Crippen LogP contribution in [-0.2, 0) is 17.8 Å².